The fourth-order valence-corrected chi connectivity index (χ4v) is 2.35. The maximum atomic E-state index is 8.49. The van der Waals surface area contributed by atoms with Gasteiger partial charge < -0.3 is 4.90 Å². The number of rotatable bonds is 3. The van der Waals surface area contributed by atoms with Crippen molar-refractivity contribution in [2.75, 3.05) is 19.0 Å². The molecule has 0 saturated carbocycles. The van der Waals surface area contributed by atoms with Crippen molar-refractivity contribution in [1.82, 2.24) is 0 Å². The molecule has 2 aromatic rings. The number of benzene rings is 1. The first kappa shape index (κ1) is 21.1. The molecule has 1 aromatic heterocycles. The molecule has 0 amide bonds. The molecule has 0 spiro atoms. The summed E-state index contributed by atoms with van der Waals surface area (Å²) < 4.78 is 36.1. The van der Waals surface area contributed by atoms with Crippen LogP contribution in [0.5, 0.6) is 0 Å². The number of aromatic nitrogens is 1. The standard InChI is InChI=1S/C18H23N2.ClHO4/c1-14-12-17(19(3)4)13-15(2)18(14)10-9-16-8-6-7-11-20(16)5;2-1(3,4)5/h6-13H,1-5H3;(H,2,3,4,5)/q+1;/p-1. The first-order valence-corrected chi connectivity index (χ1v) is 8.75. The van der Waals surface area contributed by atoms with Crippen LogP contribution in [0.1, 0.15) is 22.4 Å². The molecule has 0 aliphatic carbocycles. The van der Waals surface area contributed by atoms with Gasteiger partial charge in [-0.1, -0.05) is 0 Å². The molecule has 0 atom stereocenters. The molecule has 7 heteroatoms. The summed E-state index contributed by atoms with van der Waals surface area (Å²) in [5.41, 5.74) is 6.37. The van der Waals surface area contributed by atoms with E-state index in [0.717, 1.165) is 0 Å². The number of hydrogen-bond acceptors (Lipinski definition) is 5. The van der Waals surface area contributed by atoms with E-state index in [1.54, 1.807) is 0 Å². The Bertz CT molecular complexity index is 711. The summed E-state index contributed by atoms with van der Waals surface area (Å²) in [4.78, 5) is 2.14. The highest BCUT2D eigenvalue weighted by Gasteiger charge is 2.05. The minimum atomic E-state index is -4.94. The first-order chi connectivity index (χ1) is 11.5. The van der Waals surface area contributed by atoms with Gasteiger partial charge in [0.15, 0.2) is 6.20 Å². The molecule has 2 rings (SSSR count). The van der Waals surface area contributed by atoms with Crippen LogP contribution in [0.3, 0.4) is 0 Å². The number of anilines is 1. The van der Waals surface area contributed by atoms with Crippen LogP contribution in [0.4, 0.5) is 5.69 Å². The number of aryl methyl sites for hydroxylation is 3. The first-order valence-electron chi connectivity index (χ1n) is 7.52. The number of halogens is 1. The third-order valence-electron chi connectivity index (χ3n) is 3.61. The fourth-order valence-electron chi connectivity index (χ4n) is 2.35. The van der Waals surface area contributed by atoms with Crippen molar-refractivity contribution in [1.29, 1.82) is 0 Å². The molecule has 0 saturated heterocycles. The van der Waals surface area contributed by atoms with Gasteiger partial charge in [-0.15, -0.1) is 10.2 Å². The highest BCUT2D eigenvalue weighted by molar-refractivity contribution is 5.72. The zero-order valence-corrected chi connectivity index (χ0v) is 15.8. The van der Waals surface area contributed by atoms with Crippen LogP contribution in [0.15, 0.2) is 36.5 Å². The maximum Gasteiger partial charge on any atom is 0.204 e. The predicted molar refractivity (Wildman–Crippen MR) is 86.8 cm³/mol. The molecule has 1 heterocycles. The maximum absolute atomic E-state index is 8.49. The lowest BCUT2D eigenvalue weighted by atomic mass is 10.0. The van der Waals surface area contributed by atoms with E-state index in [-0.39, 0.29) is 0 Å². The van der Waals surface area contributed by atoms with Gasteiger partial charge in [-0.2, -0.15) is 0 Å². The van der Waals surface area contributed by atoms with Crippen LogP contribution in [0.2, 0.25) is 0 Å². The average molecular weight is 367 g/mol. The summed E-state index contributed by atoms with van der Waals surface area (Å²) in [5, 5.41) is 0. The van der Waals surface area contributed by atoms with Crippen LogP contribution in [0, 0.1) is 24.1 Å². The van der Waals surface area contributed by atoms with Crippen LogP contribution in [-0.4, -0.2) is 14.1 Å². The van der Waals surface area contributed by atoms with E-state index < -0.39 is 10.2 Å². The van der Waals surface area contributed by atoms with E-state index in [4.69, 9.17) is 18.6 Å². The lowest BCUT2D eigenvalue weighted by Crippen LogP contribution is -2.68. The Morgan fingerprint density at radius 1 is 0.960 bits per heavy atom. The highest BCUT2D eigenvalue weighted by atomic mass is 35.7. The molecule has 0 N–H and O–H groups in total. The molecule has 0 aliphatic heterocycles. The number of nitrogens with zero attached hydrogens (tertiary/aromatic N) is 2. The zero-order valence-electron chi connectivity index (χ0n) is 15.0. The Hall–Kier alpha value is -1.96. The minimum absolute atomic E-state index is 1.20. The second-order valence-electron chi connectivity index (χ2n) is 5.84. The van der Waals surface area contributed by atoms with E-state index in [9.17, 15) is 0 Å². The van der Waals surface area contributed by atoms with Gasteiger partial charge in [0.2, 0.25) is 5.69 Å². The number of hydrogen-bond donors (Lipinski definition) is 0. The van der Waals surface area contributed by atoms with Gasteiger partial charge in [0.1, 0.15) is 7.05 Å². The van der Waals surface area contributed by atoms with E-state index in [1.807, 2.05) is 6.07 Å². The topological polar surface area (TPSA) is 99.4 Å². The lowest BCUT2D eigenvalue weighted by molar-refractivity contribution is -2.00. The predicted octanol–water partition coefficient (Wildman–Crippen LogP) is -1.39. The van der Waals surface area contributed by atoms with Crippen molar-refractivity contribution in [2.45, 2.75) is 13.8 Å². The summed E-state index contributed by atoms with van der Waals surface area (Å²) in [6.07, 6.45) is 6.44. The van der Waals surface area contributed by atoms with Gasteiger partial charge in [0.25, 0.3) is 0 Å². The second-order valence-corrected chi connectivity index (χ2v) is 6.59. The summed E-state index contributed by atoms with van der Waals surface area (Å²) >= 11 is 0. The molecular weight excluding hydrogens is 344 g/mol. The third kappa shape index (κ3) is 7.64. The van der Waals surface area contributed by atoms with Gasteiger partial charge in [-0.3, -0.25) is 0 Å². The zero-order chi connectivity index (χ0) is 19.2. The highest BCUT2D eigenvalue weighted by Crippen LogP contribution is 2.23. The SMILES string of the molecule is Cc1cc(N(C)C)cc(C)c1/C=C/c1cccc[n+]1C.[O-][Cl+3]([O-])([O-])[O-]. The summed E-state index contributed by atoms with van der Waals surface area (Å²) in [6, 6.07) is 10.7. The summed E-state index contributed by atoms with van der Waals surface area (Å²) in [5.74, 6) is 0. The number of pyridine rings is 1. The summed E-state index contributed by atoms with van der Waals surface area (Å²) in [6.45, 7) is 4.34. The van der Waals surface area contributed by atoms with Gasteiger partial charge in [-0.05, 0) is 54.8 Å². The molecule has 136 valence electrons. The molecule has 0 unspecified atom stereocenters. The van der Waals surface area contributed by atoms with Crippen molar-refractivity contribution >= 4 is 17.8 Å². The van der Waals surface area contributed by atoms with Gasteiger partial charge >= 0.3 is 0 Å². The normalized spacial score (nSPS) is 11.2. The van der Waals surface area contributed by atoms with Crippen molar-refractivity contribution in [2.24, 2.45) is 7.05 Å². The summed E-state index contributed by atoms with van der Waals surface area (Å²) in [7, 11) is 1.27. The average Bonchev–Trinajstić information content (AvgIpc) is 2.46. The molecule has 6 nitrogen and oxygen atoms in total. The minimum Gasteiger partial charge on any atom is -0.378 e. The van der Waals surface area contributed by atoms with Gasteiger partial charge in [0.05, 0.1) is 0 Å². The molecule has 0 aliphatic rings. The quantitative estimate of drug-likeness (QED) is 0.623. The van der Waals surface area contributed by atoms with Crippen LogP contribution < -0.4 is 28.1 Å². The lowest BCUT2D eigenvalue weighted by Gasteiger charge is -2.17. The van der Waals surface area contributed by atoms with Crippen molar-refractivity contribution in [3.63, 3.8) is 0 Å². The van der Waals surface area contributed by atoms with Crippen LogP contribution >= 0.6 is 0 Å². The smallest absolute Gasteiger partial charge is 0.204 e. The van der Waals surface area contributed by atoms with Gasteiger partial charge in [0, 0.05) is 38.0 Å². The Morgan fingerprint density at radius 2 is 1.48 bits per heavy atom. The van der Waals surface area contributed by atoms with E-state index in [2.05, 4.69) is 87.1 Å². The van der Waals surface area contributed by atoms with Crippen molar-refractivity contribution in [3.8, 4) is 0 Å². The van der Waals surface area contributed by atoms with Crippen LogP contribution in [0.25, 0.3) is 12.2 Å². The molecular formula is C18H23ClN2O4. The Morgan fingerprint density at radius 3 is 1.92 bits per heavy atom. The monoisotopic (exact) mass is 366 g/mol. The van der Waals surface area contributed by atoms with Gasteiger partial charge in [-0.25, -0.2) is 23.2 Å². The Balaban J connectivity index is 0.000000550. The van der Waals surface area contributed by atoms with E-state index in [1.165, 1.54) is 28.1 Å². The Kier molecular flexibility index (Phi) is 7.54. The van der Waals surface area contributed by atoms with Crippen molar-refractivity contribution < 1.29 is 33.4 Å². The molecule has 25 heavy (non-hydrogen) atoms. The van der Waals surface area contributed by atoms with Crippen LogP contribution in [-0.2, 0) is 7.05 Å². The largest absolute Gasteiger partial charge is 0.378 e. The second kappa shape index (κ2) is 8.94. The fraction of sp³-hybridized carbons (Fsp3) is 0.278. The van der Waals surface area contributed by atoms with Crippen molar-refractivity contribution in [3.05, 3.63) is 58.9 Å². The van der Waals surface area contributed by atoms with E-state index >= 15 is 0 Å². The van der Waals surface area contributed by atoms with E-state index in [0.29, 0.717) is 0 Å². The molecule has 0 fully saturated rings. The third-order valence-corrected chi connectivity index (χ3v) is 3.61. The molecule has 1 aromatic carbocycles. The molecule has 0 bridgehead atoms. The molecule has 0 radical (unpaired) electrons. The Labute approximate surface area is 150 Å².